The van der Waals surface area contributed by atoms with Crippen LogP contribution in [0.2, 0.25) is 0 Å². The van der Waals surface area contributed by atoms with Gasteiger partial charge in [-0.15, -0.1) is 0 Å². The van der Waals surface area contributed by atoms with Gasteiger partial charge in [0, 0.05) is 32.1 Å². The van der Waals surface area contributed by atoms with Crippen molar-refractivity contribution in [3.8, 4) is 5.75 Å². The lowest BCUT2D eigenvalue weighted by Gasteiger charge is -2.34. The second-order valence-electron chi connectivity index (χ2n) is 9.72. The van der Waals surface area contributed by atoms with E-state index in [2.05, 4.69) is 20.5 Å². The first-order valence-corrected chi connectivity index (χ1v) is 14.1. The number of benzene rings is 2. The van der Waals surface area contributed by atoms with Crippen LogP contribution >= 0.6 is 11.3 Å². The summed E-state index contributed by atoms with van der Waals surface area (Å²) < 4.78 is 13.8. The fraction of sp³-hybridized carbons (Fsp3) is 0.500. The molecule has 1 aliphatic carbocycles. The molecule has 1 aromatic heterocycles. The van der Waals surface area contributed by atoms with Gasteiger partial charge in [-0.1, -0.05) is 48.8 Å². The molecule has 1 amide bonds. The van der Waals surface area contributed by atoms with Gasteiger partial charge in [-0.2, -0.15) is 0 Å². The van der Waals surface area contributed by atoms with Gasteiger partial charge in [-0.05, 0) is 68.1 Å². The summed E-state index contributed by atoms with van der Waals surface area (Å²) in [4.78, 5) is 29.5. The predicted octanol–water partition coefficient (Wildman–Crippen LogP) is 3.95. The monoisotopic (exact) mass is 528 g/mol. The van der Waals surface area contributed by atoms with Crippen molar-refractivity contribution in [1.82, 2.24) is 20.5 Å². The van der Waals surface area contributed by atoms with Crippen LogP contribution in [0.3, 0.4) is 0 Å². The van der Waals surface area contributed by atoms with Crippen molar-refractivity contribution in [2.75, 3.05) is 32.7 Å². The van der Waals surface area contributed by atoms with Crippen LogP contribution in [0.5, 0.6) is 5.75 Å². The van der Waals surface area contributed by atoms with Gasteiger partial charge in [0.2, 0.25) is 5.91 Å². The summed E-state index contributed by atoms with van der Waals surface area (Å²) in [5, 5.41) is 16.8. The number of nitrogens with one attached hydrogen (secondary N) is 3. The third kappa shape index (κ3) is 7.87. The Morgan fingerprint density at radius 2 is 1.73 bits per heavy atom. The van der Waals surface area contributed by atoms with Gasteiger partial charge in [0.15, 0.2) is 0 Å². The zero-order valence-electron chi connectivity index (χ0n) is 21.2. The molecule has 2 aromatic carbocycles. The number of carbonyl (C=O) groups excluding carboxylic acids is 1. The van der Waals surface area contributed by atoms with Crippen molar-refractivity contribution < 1.29 is 14.3 Å². The number of aromatic hydroxyl groups is 1. The van der Waals surface area contributed by atoms with E-state index in [1.807, 2.05) is 6.07 Å². The maximum absolute atomic E-state index is 13.1. The highest BCUT2D eigenvalue weighted by Crippen LogP contribution is 2.28. The maximum atomic E-state index is 13.1. The number of amides is 1. The third-order valence-corrected chi connectivity index (χ3v) is 8.05. The summed E-state index contributed by atoms with van der Waals surface area (Å²) in [6.07, 6.45) is 7.75. The number of nitrogens with zero attached hydrogens (tertiary/aromatic N) is 1. The van der Waals surface area contributed by atoms with Crippen molar-refractivity contribution in [1.29, 1.82) is 0 Å². The molecule has 3 aromatic rings. The molecule has 0 radical (unpaired) electrons. The van der Waals surface area contributed by atoms with E-state index in [1.54, 1.807) is 18.2 Å². The van der Waals surface area contributed by atoms with Crippen LogP contribution in [0.1, 0.15) is 49.7 Å². The Balaban J connectivity index is 1.21. The Bertz CT molecular complexity index is 1200. The molecule has 9 heteroatoms. The van der Waals surface area contributed by atoms with Crippen LogP contribution in [0.25, 0.3) is 10.2 Å². The summed E-state index contributed by atoms with van der Waals surface area (Å²) >= 11 is 1.12. The first kappa shape index (κ1) is 27.3. The fourth-order valence-corrected chi connectivity index (χ4v) is 5.97. The van der Waals surface area contributed by atoms with E-state index >= 15 is 0 Å². The number of hydrogen-bond donors (Lipinski definition) is 4. The van der Waals surface area contributed by atoms with Crippen LogP contribution in [-0.4, -0.2) is 59.7 Å². The first-order valence-electron chi connectivity index (χ1n) is 13.3. The van der Waals surface area contributed by atoms with E-state index < -0.39 is 0 Å². The molecule has 37 heavy (non-hydrogen) atoms. The Labute approximate surface area is 221 Å². The average Bonchev–Trinajstić information content (AvgIpc) is 3.31. The van der Waals surface area contributed by atoms with E-state index in [0.717, 1.165) is 65.9 Å². The van der Waals surface area contributed by atoms with E-state index in [4.69, 9.17) is 0 Å². The number of hydrogen-bond acceptors (Lipinski definition) is 6. The number of aromatic nitrogens is 1. The van der Waals surface area contributed by atoms with Gasteiger partial charge >= 0.3 is 4.87 Å². The molecule has 1 fully saturated rings. The molecule has 1 aliphatic rings. The molecule has 200 valence electrons. The molecule has 0 atom stereocenters. The quantitative estimate of drug-likeness (QED) is 0.252. The molecule has 4 N–H and O–H groups in total. The zero-order valence-corrected chi connectivity index (χ0v) is 22.0. The summed E-state index contributed by atoms with van der Waals surface area (Å²) in [6.45, 7) is 3.51. The molecule has 7 nitrogen and oxygen atoms in total. The zero-order chi connectivity index (χ0) is 26.0. The molecular weight excluding hydrogens is 491 g/mol. The number of H-pyrrole nitrogens is 1. The van der Waals surface area contributed by atoms with Crippen LogP contribution in [0.15, 0.2) is 41.2 Å². The second kappa shape index (κ2) is 13.7. The summed E-state index contributed by atoms with van der Waals surface area (Å²) in [7, 11) is 0. The molecule has 4 rings (SSSR count). The molecule has 1 saturated carbocycles. The van der Waals surface area contributed by atoms with E-state index in [-0.39, 0.29) is 22.3 Å². The van der Waals surface area contributed by atoms with Crippen LogP contribution in [0.4, 0.5) is 4.39 Å². The molecule has 0 aliphatic heterocycles. The number of thiazole rings is 1. The average molecular weight is 529 g/mol. The van der Waals surface area contributed by atoms with Gasteiger partial charge < -0.3 is 25.6 Å². The van der Waals surface area contributed by atoms with Crippen molar-refractivity contribution in [2.45, 2.75) is 57.4 Å². The normalized spacial score (nSPS) is 14.3. The van der Waals surface area contributed by atoms with Gasteiger partial charge in [0.1, 0.15) is 17.1 Å². The van der Waals surface area contributed by atoms with Gasteiger partial charge in [-0.25, -0.2) is 4.39 Å². The smallest absolute Gasteiger partial charge is 0.305 e. The minimum absolute atomic E-state index is 0.0941. The number of aromatic amines is 1. The van der Waals surface area contributed by atoms with Gasteiger partial charge in [-0.3, -0.25) is 9.59 Å². The van der Waals surface area contributed by atoms with Crippen molar-refractivity contribution in [3.05, 3.63) is 63.0 Å². The highest BCUT2D eigenvalue weighted by molar-refractivity contribution is 7.16. The molecule has 1 heterocycles. The Hall–Kier alpha value is -2.75. The number of carbonyl (C=O) groups is 1. The number of phenolic OH excluding ortho intramolecular Hbond substituents is 1. The van der Waals surface area contributed by atoms with E-state index in [0.29, 0.717) is 37.6 Å². The Morgan fingerprint density at radius 1 is 1.00 bits per heavy atom. The molecule has 0 saturated heterocycles. The highest BCUT2D eigenvalue weighted by atomic mass is 32.1. The minimum atomic E-state index is -0.226. The standard InChI is InChI=1S/C28H37FN4O3S/c29-22-9-6-20(7-10-22)12-15-30-17-14-25(35)33(23-4-2-1-3-5-23)19-18-31-16-13-21-8-11-24(34)26-27(21)37-28(36)32-26/h6-11,23,30-31,34H,1-5,12-19H2,(H,32,36). The summed E-state index contributed by atoms with van der Waals surface area (Å²) in [5.41, 5.74) is 2.61. The Morgan fingerprint density at radius 3 is 2.51 bits per heavy atom. The van der Waals surface area contributed by atoms with E-state index in [1.165, 1.54) is 31.4 Å². The lowest BCUT2D eigenvalue weighted by Crippen LogP contribution is -2.45. The second-order valence-corrected chi connectivity index (χ2v) is 10.7. The van der Waals surface area contributed by atoms with Gasteiger partial charge in [0.25, 0.3) is 0 Å². The van der Waals surface area contributed by atoms with Crippen LogP contribution in [-0.2, 0) is 17.6 Å². The number of rotatable bonds is 13. The third-order valence-electron chi connectivity index (χ3n) is 7.09. The van der Waals surface area contributed by atoms with Gasteiger partial charge in [0.05, 0.1) is 4.70 Å². The van der Waals surface area contributed by atoms with Crippen molar-refractivity contribution in [2.24, 2.45) is 0 Å². The Kier molecular flexibility index (Phi) is 10.1. The maximum Gasteiger partial charge on any atom is 0.305 e. The molecule has 0 unspecified atom stereocenters. The van der Waals surface area contributed by atoms with Crippen LogP contribution in [0, 0.1) is 5.82 Å². The minimum Gasteiger partial charge on any atom is -0.506 e. The van der Waals surface area contributed by atoms with Crippen molar-refractivity contribution in [3.63, 3.8) is 0 Å². The molecule has 0 bridgehead atoms. The van der Waals surface area contributed by atoms with E-state index in [9.17, 15) is 19.1 Å². The largest absolute Gasteiger partial charge is 0.506 e. The topological polar surface area (TPSA) is 97.5 Å². The highest BCUT2D eigenvalue weighted by Gasteiger charge is 2.24. The predicted molar refractivity (Wildman–Crippen MR) is 147 cm³/mol. The number of fused-ring (bicyclic) bond motifs is 1. The van der Waals surface area contributed by atoms with Crippen LogP contribution < -0.4 is 15.5 Å². The fourth-order valence-electron chi connectivity index (χ4n) is 5.07. The lowest BCUT2D eigenvalue weighted by molar-refractivity contribution is -0.134. The molecule has 0 spiro atoms. The summed E-state index contributed by atoms with van der Waals surface area (Å²) in [6, 6.07) is 10.3. The molecular formula is C28H37FN4O3S. The van der Waals surface area contributed by atoms with Crippen molar-refractivity contribution >= 4 is 27.5 Å². The first-order chi connectivity index (χ1) is 18.0. The number of phenols is 1. The number of halogens is 1. The SMILES string of the molecule is O=C(CCNCCc1ccc(F)cc1)N(CCNCCc1ccc(O)c2[nH]c(=O)sc12)C1CCCCC1. The lowest BCUT2D eigenvalue weighted by atomic mass is 9.94. The summed E-state index contributed by atoms with van der Waals surface area (Å²) in [5.74, 6) is 0.0632.